The molecule has 1 heterocycles. The molecule has 0 aliphatic rings. The second kappa shape index (κ2) is 5.68. The normalized spacial score (nSPS) is 12.5. The van der Waals surface area contributed by atoms with Gasteiger partial charge >= 0.3 is 0 Å². The first kappa shape index (κ1) is 14.0. The van der Waals surface area contributed by atoms with E-state index in [0.29, 0.717) is 12.0 Å². The third kappa shape index (κ3) is 3.31. The molecule has 100 valence electrons. The van der Waals surface area contributed by atoms with Crippen LogP contribution in [0.3, 0.4) is 0 Å². The topological polar surface area (TPSA) is 33.1 Å². The number of rotatable bonds is 3. The van der Waals surface area contributed by atoms with E-state index in [1.54, 1.807) is 6.07 Å². The number of hydrogen-bond donors (Lipinski definition) is 1. The fourth-order valence-corrected chi connectivity index (χ4v) is 2.17. The van der Waals surface area contributed by atoms with Crippen molar-refractivity contribution in [2.24, 2.45) is 0 Å². The van der Waals surface area contributed by atoms with Gasteiger partial charge in [-0.15, -0.1) is 0 Å². The quantitative estimate of drug-likeness (QED) is 0.928. The van der Waals surface area contributed by atoms with Gasteiger partial charge in [-0.3, -0.25) is 4.98 Å². The Labute approximate surface area is 116 Å². The highest BCUT2D eigenvalue weighted by atomic mass is 35.5. The molecule has 0 fully saturated rings. The average molecular weight is 280 g/mol. The van der Waals surface area contributed by atoms with Crippen LogP contribution in [0.2, 0.25) is 5.02 Å². The summed E-state index contributed by atoms with van der Waals surface area (Å²) in [6, 6.07) is 8.27. The summed E-state index contributed by atoms with van der Waals surface area (Å²) >= 11 is 5.63. The van der Waals surface area contributed by atoms with Crippen LogP contribution >= 0.6 is 11.6 Å². The summed E-state index contributed by atoms with van der Waals surface area (Å²) in [6.07, 6.45) is -0.367. The molecule has 0 saturated heterocycles. The molecule has 0 amide bonds. The van der Waals surface area contributed by atoms with Crippen LogP contribution in [-0.2, 0) is 6.42 Å². The Morgan fingerprint density at radius 2 is 2.00 bits per heavy atom. The number of pyridine rings is 1. The number of aryl methyl sites for hydroxylation is 2. The van der Waals surface area contributed by atoms with Gasteiger partial charge in [0, 0.05) is 23.4 Å². The highest BCUT2D eigenvalue weighted by Crippen LogP contribution is 2.23. The third-order valence-electron chi connectivity index (χ3n) is 3.04. The second-order valence-electron chi connectivity index (χ2n) is 4.60. The summed E-state index contributed by atoms with van der Waals surface area (Å²) in [5.41, 5.74) is 3.17. The summed E-state index contributed by atoms with van der Waals surface area (Å²) in [5, 5.41) is 10.3. The first-order valence-electron chi connectivity index (χ1n) is 6.03. The van der Waals surface area contributed by atoms with Gasteiger partial charge in [0.2, 0.25) is 0 Å². The van der Waals surface area contributed by atoms with E-state index in [4.69, 9.17) is 11.6 Å². The standard InChI is InChI=1S/C15H15ClFNO/c1-9-3-5-12(10(2)18-9)15(19)8-11-4-6-13(16)14(17)7-11/h3-7,15,19H,8H2,1-2H3. The lowest BCUT2D eigenvalue weighted by Gasteiger charge is -2.14. The van der Waals surface area contributed by atoms with E-state index < -0.39 is 11.9 Å². The molecule has 19 heavy (non-hydrogen) atoms. The Hall–Kier alpha value is -1.45. The van der Waals surface area contributed by atoms with Crippen LogP contribution in [0, 0.1) is 19.7 Å². The molecule has 2 rings (SSSR count). The summed E-state index contributed by atoms with van der Waals surface area (Å²) in [7, 11) is 0. The fraction of sp³-hybridized carbons (Fsp3) is 0.267. The molecule has 1 atom stereocenters. The molecule has 0 aliphatic heterocycles. The molecule has 0 spiro atoms. The number of aliphatic hydroxyl groups excluding tert-OH is 1. The number of hydrogen-bond acceptors (Lipinski definition) is 2. The molecular formula is C15H15ClFNO. The molecule has 4 heteroatoms. The number of halogens is 2. The van der Waals surface area contributed by atoms with E-state index in [9.17, 15) is 9.50 Å². The van der Waals surface area contributed by atoms with Crippen molar-refractivity contribution in [1.82, 2.24) is 4.98 Å². The fourth-order valence-electron chi connectivity index (χ4n) is 2.05. The minimum Gasteiger partial charge on any atom is -0.388 e. The summed E-state index contributed by atoms with van der Waals surface area (Å²) in [6.45, 7) is 3.76. The lowest BCUT2D eigenvalue weighted by atomic mass is 10.00. The molecule has 1 aromatic carbocycles. The maximum atomic E-state index is 13.3. The lowest BCUT2D eigenvalue weighted by Crippen LogP contribution is -2.06. The van der Waals surface area contributed by atoms with E-state index in [1.165, 1.54) is 12.1 Å². The van der Waals surface area contributed by atoms with Crippen molar-refractivity contribution < 1.29 is 9.50 Å². The second-order valence-corrected chi connectivity index (χ2v) is 5.00. The highest BCUT2D eigenvalue weighted by Gasteiger charge is 2.13. The molecule has 0 aliphatic carbocycles. The van der Waals surface area contributed by atoms with Crippen molar-refractivity contribution >= 4 is 11.6 Å². The van der Waals surface area contributed by atoms with Crippen LogP contribution < -0.4 is 0 Å². The number of aromatic nitrogens is 1. The van der Waals surface area contributed by atoms with E-state index in [-0.39, 0.29) is 5.02 Å². The number of nitrogens with zero attached hydrogens (tertiary/aromatic N) is 1. The average Bonchev–Trinajstić information content (AvgIpc) is 2.33. The predicted octanol–water partition coefficient (Wildman–Crippen LogP) is 3.77. The van der Waals surface area contributed by atoms with E-state index in [2.05, 4.69) is 4.98 Å². The molecule has 2 nitrogen and oxygen atoms in total. The van der Waals surface area contributed by atoms with Crippen molar-refractivity contribution in [3.8, 4) is 0 Å². The summed E-state index contributed by atoms with van der Waals surface area (Å²) in [4.78, 5) is 4.31. The Balaban J connectivity index is 2.20. The van der Waals surface area contributed by atoms with Gasteiger partial charge in [-0.05, 0) is 37.6 Å². The minimum absolute atomic E-state index is 0.0893. The first-order chi connectivity index (χ1) is 8.97. The van der Waals surface area contributed by atoms with Crippen LogP contribution in [0.1, 0.15) is 28.6 Å². The molecule has 0 saturated carbocycles. The largest absolute Gasteiger partial charge is 0.388 e. The molecule has 2 aromatic rings. The van der Waals surface area contributed by atoms with Crippen LogP contribution in [0.25, 0.3) is 0 Å². The number of benzene rings is 1. The smallest absolute Gasteiger partial charge is 0.142 e. The van der Waals surface area contributed by atoms with E-state index >= 15 is 0 Å². The molecule has 1 unspecified atom stereocenters. The lowest BCUT2D eigenvalue weighted by molar-refractivity contribution is 0.177. The van der Waals surface area contributed by atoms with Crippen LogP contribution in [-0.4, -0.2) is 10.1 Å². The van der Waals surface area contributed by atoms with Gasteiger partial charge in [-0.25, -0.2) is 4.39 Å². The monoisotopic (exact) mass is 279 g/mol. The van der Waals surface area contributed by atoms with Gasteiger partial charge in [-0.2, -0.15) is 0 Å². The zero-order valence-electron chi connectivity index (χ0n) is 10.8. The van der Waals surface area contributed by atoms with Gasteiger partial charge in [-0.1, -0.05) is 23.7 Å². The zero-order valence-corrected chi connectivity index (χ0v) is 11.6. The van der Waals surface area contributed by atoms with Gasteiger partial charge in [0.25, 0.3) is 0 Å². The molecular weight excluding hydrogens is 265 g/mol. The van der Waals surface area contributed by atoms with Gasteiger partial charge in [0.1, 0.15) is 5.82 Å². The predicted molar refractivity (Wildman–Crippen MR) is 73.8 cm³/mol. The van der Waals surface area contributed by atoms with Gasteiger partial charge < -0.3 is 5.11 Å². The molecule has 1 aromatic heterocycles. The Morgan fingerprint density at radius 3 is 2.63 bits per heavy atom. The Kier molecular flexibility index (Phi) is 4.17. The van der Waals surface area contributed by atoms with Crippen molar-refractivity contribution in [3.63, 3.8) is 0 Å². The van der Waals surface area contributed by atoms with Crippen molar-refractivity contribution in [3.05, 3.63) is 63.7 Å². The summed E-state index contributed by atoms with van der Waals surface area (Å²) in [5.74, 6) is -0.467. The molecule has 0 bridgehead atoms. The van der Waals surface area contributed by atoms with Gasteiger partial charge in [0.15, 0.2) is 0 Å². The van der Waals surface area contributed by atoms with Crippen LogP contribution in [0.15, 0.2) is 30.3 Å². The van der Waals surface area contributed by atoms with Crippen molar-refractivity contribution in [1.29, 1.82) is 0 Å². The third-order valence-corrected chi connectivity index (χ3v) is 3.34. The van der Waals surface area contributed by atoms with Crippen molar-refractivity contribution in [2.45, 2.75) is 26.4 Å². The molecule has 1 N–H and O–H groups in total. The SMILES string of the molecule is Cc1ccc(C(O)Cc2ccc(Cl)c(F)c2)c(C)n1. The Bertz CT molecular complexity index is 601. The minimum atomic E-state index is -0.700. The molecule has 0 radical (unpaired) electrons. The Morgan fingerprint density at radius 1 is 1.26 bits per heavy atom. The number of aliphatic hydroxyl groups is 1. The van der Waals surface area contributed by atoms with Crippen LogP contribution in [0.4, 0.5) is 4.39 Å². The van der Waals surface area contributed by atoms with Gasteiger partial charge in [0.05, 0.1) is 11.1 Å². The first-order valence-corrected chi connectivity index (χ1v) is 6.41. The highest BCUT2D eigenvalue weighted by molar-refractivity contribution is 6.30. The zero-order chi connectivity index (χ0) is 14.0. The van der Waals surface area contributed by atoms with Crippen molar-refractivity contribution in [2.75, 3.05) is 0 Å². The van der Waals surface area contributed by atoms with E-state index in [0.717, 1.165) is 17.0 Å². The van der Waals surface area contributed by atoms with E-state index in [1.807, 2.05) is 26.0 Å². The van der Waals surface area contributed by atoms with Crippen LogP contribution in [0.5, 0.6) is 0 Å². The maximum absolute atomic E-state index is 13.3. The maximum Gasteiger partial charge on any atom is 0.142 e. The summed E-state index contributed by atoms with van der Waals surface area (Å²) < 4.78 is 13.3.